The van der Waals surface area contributed by atoms with E-state index in [4.69, 9.17) is 14.0 Å². The Hall–Kier alpha value is -1.40. The Labute approximate surface area is 123 Å². The van der Waals surface area contributed by atoms with E-state index in [0.717, 1.165) is 0 Å². The lowest BCUT2D eigenvalue weighted by Crippen LogP contribution is -2.41. The number of rotatable bonds is 1. The van der Waals surface area contributed by atoms with Gasteiger partial charge in [0.25, 0.3) is 0 Å². The van der Waals surface area contributed by atoms with Gasteiger partial charge in [-0.2, -0.15) is 0 Å². The molecule has 0 unspecified atom stereocenters. The second-order valence-corrected chi connectivity index (χ2v) is 6.49. The van der Waals surface area contributed by atoms with Crippen LogP contribution in [0.4, 0.5) is 4.39 Å². The van der Waals surface area contributed by atoms with Gasteiger partial charge in [-0.25, -0.2) is 4.39 Å². The van der Waals surface area contributed by atoms with Crippen LogP contribution >= 0.6 is 0 Å². The molecule has 4 nitrogen and oxygen atoms in total. The van der Waals surface area contributed by atoms with Gasteiger partial charge in [-0.1, -0.05) is 0 Å². The van der Waals surface area contributed by atoms with Gasteiger partial charge in [0.1, 0.15) is 0 Å². The standard InChI is InChI=1S/C15H18BFO4/c1-14(2)15(3,4)21-16(20-14)9-7-10-12(18)5-6-19-13(10)11(17)8-9/h7-8H,5-6H2,1-4H3. The molecule has 6 heteroatoms. The Balaban J connectivity index is 2.00. The minimum atomic E-state index is -0.690. The normalized spacial score (nSPS) is 22.9. The lowest BCUT2D eigenvalue weighted by molar-refractivity contribution is 0.00578. The molecule has 0 radical (unpaired) electrons. The molecule has 2 aliphatic rings. The van der Waals surface area contributed by atoms with Gasteiger partial charge in [-0.15, -0.1) is 0 Å². The fraction of sp³-hybridized carbons (Fsp3) is 0.533. The third kappa shape index (κ3) is 2.26. The summed E-state index contributed by atoms with van der Waals surface area (Å²) in [5.74, 6) is -0.634. The summed E-state index contributed by atoms with van der Waals surface area (Å²) in [7, 11) is -0.690. The number of halogens is 1. The van der Waals surface area contributed by atoms with E-state index in [1.54, 1.807) is 6.07 Å². The van der Waals surface area contributed by atoms with Gasteiger partial charge >= 0.3 is 7.12 Å². The van der Waals surface area contributed by atoms with Crippen LogP contribution in [-0.2, 0) is 9.31 Å². The van der Waals surface area contributed by atoms with Crippen LogP contribution in [0, 0.1) is 5.82 Å². The highest BCUT2D eigenvalue weighted by atomic mass is 19.1. The van der Waals surface area contributed by atoms with Crippen LogP contribution in [0.2, 0.25) is 0 Å². The first-order valence-corrected chi connectivity index (χ1v) is 7.06. The molecule has 0 aromatic heterocycles. The topological polar surface area (TPSA) is 44.8 Å². The van der Waals surface area contributed by atoms with E-state index < -0.39 is 24.1 Å². The van der Waals surface area contributed by atoms with Crippen LogP contribution in [0.5, 0.6) is 5.75 Å². The Kier molecular flexibility index (Phi) is 3.15. The van der Waals surface area contributed by atoms with E-state index >= 15 is 0 Å². The summed E-state index contributed by atoms with van der Waals surface area (Å²) >= 11 is 0. The maximum absolute atomic E-state index is 14.2. The van der Waals surface area contributed by atoms with Crippen LogP contribution in [-0.4, -0.2) is 30.7 Å². The molecule has 21 heavy (non-hydrogen) atoms. The van der Waals surface area contributed by atoms with Gasteiger partial charge in [0.2, 0.25) is 0 Å². The summed E-state index contributed by atoms with van der Waals surface area (Å²) in [6.45, 7) is 7.93. The molecule has 0 atom stereocenters. The van der Waals surface area contributed by atoms with Crippen molar-refractivity contribution in [1.29, 1.82) is 0 Å². The lowest BCUT2D eigenvalue weighted by atomic mass is 9.77. The van der Waals surface area contributed by atoms with Crippen molar-refractivity contribution in [2.45, 2.75) is 45.3 Å². The number of carbonyl (C=O) groups excluding carboxylic acids is 1. The lowest BCUT2D eigenvalue weighted by Gasteiger charge is -2.32. The zero-order valence-electron chi connectivity index (χ0n) is 12.7. The Morgan fingerprint density at radius 3 is 2.38 bits per heavy atom. The van der Waals surface area contributed by atoms with Crippen molar-refractivity contribution in [3.05, 3.63) is 23.5 Å². The maximum atomic E-state index is 14.2. The molecular weight excluding hydrogens is 274 g/mol. The fourth-order valence-corrected chi connectivity index (χ4v) is 2.46. The van der Waals surface area contributed by atoms with Crippen molar-refractivity contribution in [3.8, 4) is 5.75 Å². The average Bonchev–Trinajstić information content (AvgIpc) is 2.60. The SMILES string of the molecule is CC1(C)OB(c2cc(F)c3c(c2)C(=O)CCO3)OC1(C)C. The summed E-state index contributed by atoms with van der Waals surface area (Å²) in [4.78, 5) is 11.9. The molecule has 2 aliphatic heterocycles. The smallest absolute Gasteiger partial charge is 0.489 e. The number of fused-ring (bicyclic) bond motifs is 1. The molecule has 0 saturated carbocycles. The van der Waals surface area contributed by atoms with Gasteiger partial charge in [-0.3, -0.25) is 4.79 Å². The number of hydrogen-bond donors (Lipinski definition) is 0. The van der Waals surface area contributed by atoms with Crippen LogP contribution < -0.4 is 10.2 Å². The molecule has 1 saturated heterocycles. The Morgan fingerprint density at radius 2 is 1.76 bits per heavy atom. The molecule has 1 fully saturated rings. The number of ketones is 1. The van der Waals surface area contributed by atoms with E-state index in [9.17, 15) is 9.18 Å². The third-order valence-corrected chi connectivity index (χ3v) is 4.47. The van der Waals surface area contributed by atoms with Crippen molar-refractivity contribution in [2.75, 3.05) is 6.61 Å². The van der Waals surface area contributed by atoms with E-state index in [1.165, 1.54) is 6.07 Å². The number of Topliss-reactive ketones (excluding diaryl/α,β-unsaturated/α-hetero) is 1. The second-order valence-electron chi connectivity index (χ2n) is 6.49. The van der Waals surface area contributed by atoms with Crippen molar-refractivity contribution in [2.24, 2.45) is 0 Å². The molecule has 0 bridgehead atoms. The first-order valence-electron chi connectivity index (χ1n) is 7.06. The molecular formula is C15H18BFO4. The summed E-state index contributed by atoms with van der Waals surface area (Å²) in [6.07, 6.45) is 0.263. The van der Waals surface area contributed by atoms with Crippen LogP contribution in [0.15, 0.2) is 12.1 Å². The number of carbonyl (C=O) groups is 1. The molecule has 0 spiro atoms. The average molecular weight is 292 g/mol. The molecule has 3 rings (SSSR count). The number of hydrogen-bond acceptors (Lipinski definition) is 4. The second kappa shape index (κ2) is 4.55. The van der Waals surface area contributed by atoms with Crippen LogP contribution in [0.3, 0.4) is 0 Å². The van der Waals surface area contributed by atoms with Crippen molar-refractivity contribution >= 4 is 18.4 Å². The van der Waals surface area contributed by atoms with Gasteiger partial charge in [0.05, 0.1) is 23.4 Å². The highest BCUT2D eigenvalue weighted by molar-refractivity contribution is 6.62. The van der Waals surface area contributed by atoms with Crippen LogP contribution in [0.1, 0.15) is 44.5 Å². The third-order valence-electron chi connectivity index (χ3n) is 4.47. The molecule has 1 aromatic carbocycles. The van der Waals surface area contributed by atoms with E-state index in [2.05, 4.69) is 0 Å². The van der Waals surface area contributed by atoms with Crippen molar-refractivity contribution < 1.29 is 23.2 Å². The van der Waals surface area contributed by atoms with E-state index in [1.807, 2.05) is 27.7 Å². The summed E-state index contributed by atoms with van der Waals surface area (Å²) in [5.41, 5.74) is -0.246. The monoisotopic (exact) mass is 292 g/mol. The van der Waals surface area contributed by atoms with E-state index in [-0.39, 0.29) is 30.1 Å². The summed E-state index contributed by atoms with van der Waals surface area (Å²) < 4.78 is 31.2. The number of ether oxygens (including phenoxy) is 1. The quantitative estimate of drug-likeness (QED) is 0.743. The highest BCUT2D eigenvalue weighted by Crippen LogP contribution is 2.37. The van der Waals surface area contributed by atoms with Crippen molar-refractivity contribution in [1.82, 2.24) is 0 Å². The van der Waals surface area contributed by atoms with Gasteiger partial charge in [0, 0.05) is 6.42 Å². The van der Waals surface area contributed by atoms with Crippen LogP contribution in [0.25, 0.3) is 0 Å². The summed E-state index contributed by atoms with van der Waals surface area (Å²) in [5, 5.41) is 0. The van der Waals surface area contributed by atoms with E-state index in [0.29, 0.717) is 5.46 Å². The first-order chi connectivity index (χ1) is 9.71. The zero-order chi connectivity index (χ0) is 15.4. The Morgan fingerprint density at radius 1 is 1.14 bits per heavy atom. The molecule has 2 heterocycles. The molecule has 0 amide bonds. The summed E-state index contributed by atoms with van der Waals surface area (Å²) in [6, 6.07) is 2.93. The fourth-order valence-electron chi connectivity index (χ4n) is 2.46. The zero-order valence-corrected chi connectivity index (χ0v) is 12.7. The first kappa shape index (κ1) is 14.5. The van der Waals surface area contributed by atoms with Crippen molar-refractivity contribution in [3.63, 3.8) is 0 Å². The number of benzene rings is 1. The highest BCUT2D eigenvalue weighted by Gasteiger charge is 2.52. The molecule has 1 aromatic rings. The Bertz CT molecular complexity index is 596. The molecule has 0 N–H and O–H groups in total. The minimum Gasteiger partial charge on any atom is -0.489 e. The largest absolute Gasteiger partial charge is 0.494 e. The van der Waals surface area contributed by atoms with Gasteiger partial charge < -0.3 is 14.0 Å². The van der Waals surface area contributed by atoms with Gasteiger partial charge in [0.15, 0.2) is 17.3 Å². The van der Waals surface area contributed by atoms with Gasteiger partial charge in [-0.05, 0) is 45.3 Å². The molecule has 112 valence electrons. The predicted molar refractivity (Wildman–Crippen MR) is 76.6 cm³/mol. The maximum Gasteiger partial charge on any atom is 0.494 e. The molecule has 0 aliphatic carbocycles. The minimum absolute atomic E-state index is 0.0338. The predicted octanol–water partition coefficient (Wildman–Crippen LogP) is 2.09.